The van der Waals surface area contributed by atoms with Crippen molar-refractivity contribution in [3.8, 4) is 0 Å². The highest BCUT2D eigenvalue weighted by atomic mass is 16.3. The Labute approximate surface area is 91.2 Å². The molecule has 2 aliphatic carbocycles. The Balaban J connectivity index is 1.86. The number of aliphatic hydroxyl groups is 1. The lowest BCUT2D eigenvalue weighted by molar-refractivity contribution is 0.0737. The smallest absolute Gasteiger partial charge is 0.0839 e. The molecule has 2 rings (SSSR count). The normalized spacial score (nSPS) is 40.9. The highest BCUT2D eigenvalue weighted by molar-refractivity contribution is 4.86. The summed E-state index contributed by atoms with van der Waals surface area (Å²) >= 11 is 0. The lowest BCUT2D eigenvalue weighted by Gasteiger charge is -2.41. The van der Waals surface area contributed by atoms with Crippen molar-refractivity contribution in [2.24, 2.45) is 28.8 Å². The predicted molar refractivity (Wildman–Crippen MR) is 59.4 cm³/mol. The molecule has 86 valence electrons. The molecule has 4 atom stereocenters. The van der Waals surface area contributed by atoms with Gasteiger partial charge in [0.15, 0.2) is 0 Å². The van der Waals surface area contributed by atoms with Crippen LogP contribution >= 0.6 is 0 Å². The van der Waals surface area contributed by atoms with Gasteiger partial charge >= 0.3 is 0 Å². The molecule has 0 spiro atoms. The molecule has 2 fully saturated rings. The molecule has 4 unspecified atom stereocenters. The third-order valence-electron chi connectivity index (χ3n) is 4.42. The van der Waals surface area contributed by atoms with Crippen LogP contribution in [-0.4, -0.2) is 18.3 Å². The maximum Gasteiger partial charge on any atom is 0.0839 e. The van der Waals surface area contributed by atoms with Gasteiger partial charge in [-0.05, 0) is 62.2 Å². The SMILES string of the molecule is O=NCC1CCC2CC(CO)CCC2C1. The molecular formula is C12H21NO2. The lowest BCUT2D eigenvalue weighted by atomic mass is 9.65. The van der Waals surface area contributed by atoms with E-state index in [9.17, 15) is 4.91 Å². The summed E-state index contributed by atoms with van der Waals surface area (Å²) in [5.74, 6) is 2.73. The van der Waals surface area contributed by atoms with Crippen LogP contribution in [0, 0.1) is 28.6 Å². The van der Waals surface area contributed by atoms with Gasteiger partial charge in [-0.1, -0.05) is 5.18 Å². The number of rotatable bonds is 3. The Hall–Kier alpha value is -0.440. The van der Waals surface area contributed by atoms with Crippen molar-refractivity contribution in [1.29, 1.82) is 0 Å². The Bertz CT molecular complexity index is 220. The van der Waals surface area contributed by atoms with Crippen LogP contribution in [0.4, 0.5) is 0 Å². The highest BCUT2D eigenvalue weighted by Crippen LogP contribution is 2.44. The second-order valence-electron chi connectivity index (χ2n) is 5.37. The maximum absolute atomic E-state index is 10.2. The summed E-state index contributed by atoms with van der Waals surface area (Å²) in [5.41, 5.74) is 0. The minimum atomic E-state index is 0.364. The molecule has 0 amide bonds. The minimum absolute atomic E-state index is 0.364. The van der Waals surface area contributed by atoms with Gasteiger partial charge in [0.2, 0.25) is 0 Å². The van der Waals surface area contributed by atoms with Crippen LogP contribution in [0.5, 0.6) is 0 Å². The quantitative estimate of drug-likeness (QED) is 0.729. The summed E-state index contributed by atoms with van der Waals surface area (Å²) in [7, 11) is 0. The van der Waals surface area contributed by atoms with E-state index in [4.69, 9.17) is 5.11 Å². The molecule has 2 aliphatic rings. The van der Waals surface area contributed by atoms with Crippen molar-refractivity contribution < 1.29 is 5.11 Å². The molecule has 15 heavy (non-hydrogen) atoms. The maximum atomic E-state index is 10.2. The first kappa shape index (κ1) is 11.1. The van der Waals surface area contributed by atoms with Crippen LogP contribution in [0.1, 0.15) is 38.5 Å². The molecule has 1 N–H and O–H groups in total. The zero-order valence-corrected chi connectivity index (χ0v) is 9.27. The third-order valence-corrected chi connectivity index (χ3v) is 4.42. The van der Waals surface area contributed by atoms with E-state index in [1.165, 1.54) is 38.5 Å². The molecule has 0 radical (unpaired) electrons. The first-order valence-electron chi connectivity index (χ1n) is 6.23. The molecule has 0 aliphatic heterocycles. The van der Waals surface area contributed by atoms with Crippen LogP contribution in [-0.2, 0) is 0 Å². The summed E-state index contributed by atoms with van der Waals surface area (Å²) < 4.78 is 0. The highest BCUT2D eigenvalue weighted by Gasteiger charge is 2.35. The number of hydrogen-bond donors (Lipinski definition) is 1. The third kappa shape index (κ3) is 2.57. The summed E-state index contributed by atoms with van der Waals surface area (Å²) in [6.07, 6.45) is 7.27. The van der Waals surface area contributed by atoms with Gasteiger partial charge in [0.05, 0.1) is 6.54 Å². The van der Waals surface area contributed by atoms with Gasteiger partial charge in [-0.3, -0.25) is 0 Å². The molecule has 3 heteroatoms. The van der Waals surface area contributed by atoms with Gasteiger partial charge in [-0.2, -0.15) is 4.91 Å². The second kappa shape index (κ2) is 5.06. The van der Waals surface area contributed by atoms with Crippen molar-refractivity contribution in [2.45, 2.75) is 38.5 Å². The van der Waals surface area contributed by atoms with Crippen molar-refractivity contribution in [2.75, 3.05) is 13.2 Å². The molecule has 0 bridgehead atoms. The van der Waals surface area contributed by atoms with Crippen molar-refractivity contribution in [3.05, 3.63) is 4.91 Å². The largest absolute Gasteiger partial charge is 0.396 e. The summed E-state index contributed by atoms with van der Waals surface area (Å²) in [4.78, 5) is 10.2. The van der Waals surface area contributed by atoms with Crippen molar-refractivity contribution >= 4 is 0 Å². The molecule has 0 aromatic rings. The summed E-state index contributed by atoms with van der Waals surface area (Å²) in [6.45, 7) is 0.884. The minimum Gasteiger partial charge on any atom is -0.396 e. The fraction of sp³-hybridized carbons (Fsp3) is 1.00. The van der Waals surface area contributed by atoms with Crippen LogP contribution in [0.25, 0.3) is 0 Å². The van der Waals surface area contributed by atoms with E-state index < -0.39 is 0 Å². The number of fused-ring (bicyclic) bond motifs is 1. The van der Waals surface area contributed by atoms with E-state index in [1.54, 1.807) is 0 Å². The molecule has 0 aromatic carbocycles. The molecule has 0 saturated heterocycles. The van der Waals surface area contributed by atoms with Crippen molar-refractivity contribution in [1.82, 2.24) is 0 Å². The van der Waals surface area contributed by atoms with Crippen LogP contribution in [0.15, 0.2) is 5.18 Å². The van der Waals surface area contributed by atoms with Gasteiger partial charge < -0.3 is 5.11 Å². The van der Waals surface area contributed by atoms with Gasteiger partial charge in [0, 0.05) is 6.61 Å². The first-order chi connectivity index (χ1) is 7.33. The van der Waals surface area contributed by atoms with Crippen LogP contribution in [0.3, 0.4) is 0 Å². The second-order valence-corrected chi connectivity index (χ2v) is 5.37. The zero-order chi connectivity index (χ0) is 10.7. The Morgan fingerprint density at radius 1 is 1.00 bits per heavy atom. The Morgan fingerprint density at radius 2 is 1.60 bits per heavy atom. The first-order valence-corrected chi connectivity index (χ1v) is 6.23. The van der Waals surface area contributed by atoms with Crippen LogP contribution in [0.2, 0.25) is 0 Å². The van der Waals surface area contributed by atoms with E-state index in [0.717, 1.165) is 11.8 Å². The zero-order valence-electron chi connectivity index (χ0n) is 9.27. The summed E-state index contributed by atoms with van der Waals surface area (Å²) in [6, 6.07) is 0. The fourth-order valence-electron chi connectivity index (χ4n) is 3.52. The van der Waals surface area contributed by atoms with Crippen LogP contribution < -0.4 is 0 Å². The van der Waals surface area contributed by atoms with E-state index in [2.05, 4.69) is 5.18 Å². The topological polar surface area (TPSA) is 49.7 Å². The predicted octanol–water partition coefficient (Wildman–Crippen LogP) is 2.58. The standard InChI is InChI=1S/C12H21NO2/c14-8-10-2-4-11-5-9(7-13-15)1-3-12(11)6-10/h9-12,14H,1-8H2. The Morgan fingerprint density at radius 3 is 2.20 bits per heavy atom. The number of hydrogen-bond acceptors (Lipinski definition) is 3. The average Bonchev–Trinajstić information content (AvgIpc) is 2.29. The Kier molecular flexibility index (Phi) is 3.73. The van der Waals surface area contributed by atoms with Gasteiger partial charge in [-0.25, -0.2) is 0 Å². The molecule has 0 aromatic heterocycles. The van der Waals surface area contributed by atoms with Gasteiger partial charge in [-0.15, -0.1) is 0 Å². The van der Waals surface area contributed by atoms with Gasteiger partial charge in [0.1, 0.15) is 0 Å². The molecule has 0 heterocycles. The van der Waals surface area contributed by atoms with E-state index in [-0.39, 0.29) is 0 Å². The van der Waals surface area contributed by atoms with E-state index in [1.807, 2.05) is 0 Å². The number of nitroso groups, excluding NO2 is 1. The number of nitrogens with zero attached hydrogens (tertiary/aromatic N) is 1. The summed E-state index contributed by atoms with van der Waals surface area (Å²) in [5, 5.41) is 12.2. The number of aliphatic hydroxyl groups excluding tert-OH is 1. The van der Waals surface area contributed by atoms with Gasteiger partial charge in [0.25, 0.3) is 0 Å². The monoisotopic (exact) mass is 211 g/mol. The fourth-order valence-corrected chi connectivity index (χ4v) is 3.52. The lowest BCUT2D eigenvalue weighted by Crippen LogP contribution is -2.32. The molecule has 3 nitrogen and oxygen atoms in total. The van der Waals surface area contributed by atoms with Crippen molar-refractivity contribution in [3.63, 3.8) is 0 Å². The van der Waals surface area contributed by atoms with E-state index in [0.29, 0.717) is 25.0 Å². The van der Waals surface area contributed by atoms with E-state index >= 15 is 0 Å². The average molecular weight is 211 g/mol. The molecular weight excluding hydrogens is 190 g/mol. The molecule has 2 saturated carbocycles.